The van der Waals surface area contributed by atoms with Gasteiger partial charge in [0.1, 0.15) is 0 Å². The molecule has 1 saturated carbocycles. The van der Waals surface area contributed by atoms with Gasteiger partial charge in [0.2, 0.25) is 5.91 Å². The van der Waals surface area contributed by atoms with Crippen molar-refractivity contribution >= 4 is 5.91 Å². The van der Waals surface area contributed by atoms with Gasteiger partial charge in [0.05, 0.1) is 0 Å². The molecule has 0 atom stereocenters. The normalized spacial score (nSPS) is 29.9. The van der Waals surface area contributed by atoms with E-state index in [2.05, 4.69) is 0 Å². The van der Waals surface area contributed by atoms with Crippen LogP contribution in [0, 0.1) is 0 Å². The van der Waals surface area contributed by atoms with E-state index in [1.54, 1.807) is 6.92 Å². The zero-order valence-corrected chi connectivity index (χ0v) is 7.92. The molecule has 0 aromatic carbocycles. The molecule has 1 amide bonds. The predicted octanol–water partition coefficient (Wildman–Crippen LogP) is 0.981. The van der Waals surface area contributed by atoms with E-state index in [9.17, 15) is 4.79 Å². The van der Waals surface area contributed by atoms with Crippen molar-refractivity contribution in [1.29, 1.82) is 0 Å². The van der Waals surface area contributed by atoms with Crippen LogP contribution in [-0.4, -0.2) is 29.9 Å². The molecule has 3 heteroatoms. The Kier molecular flexibility index (Phi) is 3.09. The molecule has 0 saturated heterocycles. The fourth-order valence-electron chi connectivity index (χ4n) is 1.75. The summed E-state index contributed by atoms with van der Waals surface area (Å²) < 4.78 is 0. The topological polar surface area (TPSA) is 46.3 Å². The van der Waals surface area contributed by atoms with Crippen LogP contribution in [0.15, 0.2) is 0 Å². The van der Waals surface area contributed by atoms with Gasteiger partial charge in [-0.3, -0.25) is 4.79 Å². The summed E-state index contributed by atoms with van der Waals surface area (Å²) >= 11 is 0. The predicted molar refractivity (Wildman–Crippen MR) is 50.8 cm³/mol. The third-order valence-corrected chi connectivity index (χ3v) is 2.79. The van der Waals surface area contributed by atoms with Crippen molar-refractivity contribution in [2.75, 3.05) is 7.05 Å². The highest BCUT2D eigenvalue weighted by Gasteiger charge is 2.22. The minimum absolute atomic E-state index is 0. The van der Waals surface area contributed by atoms with Crippen molar-refractivity contribution in [3.63, 3.8) is 0 Å². The van der Waals surface area contributed by atoms with Crippen LogP contribution in [0.4, 0.5) is 0 Å². The first-order valence-electron chi connectivity index (χ1n) is 4.60. The van der Waals surface area contributed by atoms with Crippen molar-refractivity contribution in [3.8, 4) is 0 Å². The highest BCUT2D eigenvalue weighted by atomic mass is 16.2. The van der Waals surface area contributed by atoms with E-state index in [4.69, 9.17) is 5.73 Å². The van der Waals surface area contributed by atoms with E-state index in [1.807, 2.05) is 11.9 Å². The summed E-state index contributed by atoms with van der Waals surface area (Å²) in [5.41, 5.74) is 5.77. The van der Waals surface area contributed by atoms with Gasteiger partial charge in [0, 0.05) is 27.5 Å². The molecule has 0 aromatic rings. The lowest BCUT2D eigenvalue weighted by molar-refractivity contribution is -0.130. The number of carbonyl (C=O) groups excluding carboxylic acids is 1. The summed E-state index contributed by atoms with van der Waals surface area (Å²) in [6.07, 6.45) is 4.25. The third kappa shape index (κ3) is 2.21. The van der Waals surface area contributed by atoms with E-state index in [0.717, 1.165) is 25.7 Å². The first-order valence-corrected chi connectivity index (χ1v) is 4.60. The van der Waals surface area contributed by atoms with E-state index in [1.165, 1.54) is 0 Å². The van der Waals surface area contributed by atoms with Gasteiger partial charge in [-0.15, -0.1) is 0 Å². The van der Waals surface area contributed by atoms with Crippen LogP contribution in [0.25, 0.3) is 0 Å². The smallest absolute Gasteiger partial charge is 0.219 e. The maximum absolute atomic E-state index is 11.0. The maximum Gasteiger partial charge on any atom is 0.219 e. The van der Waals surface area contributed by atoms with Crippen LogP contribution in [0.5, 0.6) is 0 Å². The van der Waals surface area contributed by atoms with Crippen LogP contribution in [-0.2, 0) is 4.79 Å². The van der Waals surface area contributed by atoms with Crippen molar-refractivity contribution in [2.45, 2.75) is 44.7 Å². The quantitative estimate of drug-likeness (QED) is 0.641. The molecule has 0 spiro atoms. The van der Waals surface area contributed by atoms with Crippen LogP contribution < -0.4 is 5.73 Å². The van der Waals surface area contributed by atoms with E-state index in [0.29, 0.717) is 12.1 Å². The fraction of sp³-hybridized carbons (Fsp3) is 0.889. The number of rotatable bonds is 1. The lowest BCUT2D eigenvalue weighted by Gasteiger charge is -2.32. The minimum atomic E-state index is 0. The Labute approximate surface area is 75.4 Å². The maximum atomic E-state index is 11.0. The van der Waals surface area contributed by atoms with Gasteiger partial charge in [-0.05, 0) is 25.7 Å². The summed E-state index contributed by atoms with van der Waals surface area (Å²) in [7, 11) is 1.88. The lowest BCUT2D eigenvalue weighted by Crippen LogP contribution is -2.40. The van der Waals surface area contributed by atoms with Gasteiger partial charge in [-0.1, -0.05) is 0 Å². The number of hydrogen-bond acceptors (Lipinski definition) is 2. The molecule has 0 aromatic heterocycles. The molecule has 1 aliphatic carbocycles. The van der Waals surface area contributed by atoms with Crippen LogP contribution in [0.3, 0.4) is 0 Å². The average molecular weight is 172 g/mol. The van der Waals surface area contributed by atoms with Gasteiger partial charge in [0.25, 0.3) is 0 Å². The molecule has 1 aliphatic rings. The second-order valence-corrected chi connectivity index (χ2v) is 3.70. The Morgan fingerprint density at radius 2 is 1.92 bits per heavy atom. The first-order chi connectivity index (χ1) is 5.61. The number of nitrogens with two attached hydrogens (primary N) is 1. The Morgan fingerprint density at radius 3 is 2.33 bits per heavy atom. The Morgan fingerprint density at radius 1 is 1.42 bits per heavy atom. The van der Waals surface area contributed by atoms with Gasteiger partial charge in [-0.25, -0.2) is 0 Å². The Bertz CT molecular complexity index is 167. The van der Waals surface area contributed by atoms with Crippen molar-refractivity contribution in [2.24, 2.45) is 5.73 Å². The van der Waals surface area contributed by atoms with Crippen LogP contribution >= 0.6 is 0 Å². The molecule has 0 radical (unpaired) electrons. The second-order valence-electron chi connectivity index (χ2n) is 3.70. The number of carbonyl (C=O) groups is 1. The summed E-state index contributed by atoms with van der Waals surface area (Å²) in [6, 6.07) is 0.795. The summed E-state index contributed by atoms with van der Waals surface area (Å²) in [6.45, 7) is 1.62. The van der Waals surface area contributed by atoms with Crippen LogP contribution in [0.2, 0.25) is 0 Å². The Hall–Kier alpha value is -0.570. The van der Waals surface area contributed by atoms with Crippen molar-refractivity contribution in [3.05, 3.63) is 0 Å². The highest BCUT2D eigenvalue weighted by molar-refractivity contribution is 5.73. The largest absolute Gasteiger partial charge is 0.343 e. The summed E-state index contributed by atoms with van der Waals surface area (Å²) in [5.74, 6) is 0.162. The van der Waals surface area contributed by atoms with E-state index >= 15 is 0 Å². The molecule has 0 aliphatic heterocycles. The molecule has 1 rings (SSSR count). The van der Waals surface area contributed by atoms with Gasteiger partial charge >= 0.3 is 0 Å². The SMILES string of the molecule is CC(=O)N(C)C1CCC(N)CC1.[HH]. The molecule has 0 heterocycles. The average Bonchev–Trinajstić information content (AvgIpc) is 2.04. The lowest BCUT2D eigenvalue weighted by atomic mass is 9.91. The molecule has 1 fully saturated rings. The zero-order chi connectivity index (χ0) is 9.14. The monoisotopic (exact) mass is 172 g/mol. The van der Waals surface area contributed by atoms with Gasteiger partial charge in [-0.2, -0.15) is 0 Å². The first kappa shape index (κ1) is 9.52. The molecule has 3 nitrogen and oxygen atoms in total. The molecule has 12 heavy (non-hydrogen) atoms. The zero-order valence-electron chi connectivity index (χ0n) is 7.92. The van der Waals surface area contributed by atoms with Gasteiger partial charge < -0.3 is 10.6 Å². The standard InChI is InChI=1S/C9H18N2O.H2/c1-7(12)11(2)9-5-3-8(10)4-6-9;/h8-9H,3-6,10H2,1-2H3;1H. The van der Waals surface area contributed by atoms with Crippen LogP contribution in [0.1, 0.15) is 34.0 Å². The molecular formula is C9H20N2O. The fourth-order valence-corrected chi connectivity index (χ4v) is 1.75. The molecule has 2 N–H and O–H groups in total. The molecular weight excluding hydrogens is 152 g/mol. The van der Waals surface area contributed by atoms with Gasteiger partial charge in [0.15, 0.2) is 0 Å². The van der Waals surface area contributed by atoms with Crippen molar-refractivity contribution in [1.82, 2.24) is 4.90 Å². The third-order valence-electron chi connectivity index (χ3n) is 2.79. The summed E-state index contributed by atoms with van der Waals surface area (Å²) in [5, 5.41) is 0. The molecule has 0 bridgehead atoms. The molecule has 72 valence electrons. The number of nitrogens with zero attached hydrogens (tertiary/aromatic N) is 1. The molecule has 0 unspecified atom stereocenters. The van der Waals surface area contributed by atoms with E-state index in [-0.39, 0.29) is 7.33 Å². The number of hydrogen-bond donors (Lipinski definition) is 1. The second kappa shape index (κ2) is 3.90. The Balaban J connectivity index is 0.00000144. The van der Waals surface area contributed by atoms with Crippen molar-refractivity contribution < 1.29 is 6.22 Å². The number of amides is 1. The van der Waals surface area contributed by atoms with E-state index < -0.39 is 0 Å². The minimum Gasteiger partial charge on any atom is -0.343 e. The highest BCUT2D eigenvalue weighted by Crippen LogP contribution is 2.20. The summed E-state index contributed by atoms with van der Waals surface area (Å²) in [4.78, 5) is 12.9.